The average Bonchev–Trinajstić information content (AvgIpc) is 3.14. The van der Waals surface area contributed by atoms with Crippen molar-refractivity contribution in [2.24, 2.45) is 10.3 Å². The smallest absolute Gasteiger partial charge is 0.263 e. The maximum absolute atomic E-state index is 12.9. The van der Waals surface area contributed by atoms with E-state index in [-0.39, 0.29) is 12.5 Å². The summed E-state index contributed by atoms with van der Waals surface area (Å²) in [6.07, 6.45) is 0. The fourth-order valence-electron chi connectivity index (χ4n) is 3.62. The first-order valence-electron chi connectivity index (χ1n) is 9.02. The van der Waals surface area contributed by atoms with Crippen LogP contribution in [0.5, 0.6) is 0 Å². The van der Waals surface area contributed by atoms with Gasteiger partial charge < -0.3 is 5.32 Å². The van der Waals surface area contributed by atoms with Gasteiger partial charge in [0.2, 0.25) is 5.91 Å². The molecule has 3 amide bonds. The molecule has 1 fully saturated rings. The molecule has 2 atom stereocenters. The summed E-state index contributed by atoms with van der Waals surface area (Å²) in [7, 11) is 0. The number of fused-ring (bicyclic) bond motifs is 1. The number of benzene rings is 2. The molecule has 0 radical (unpaired) electrons. The van der Waals surface area contributed by atoms with E-state index < -0.39 is 23.9 Å². The molecule has 0 aromatic heterocycles. The second-order valence-electron chi connectivity index (χ2n) is 7.11. The Hall–Kier alpha value is -3.26. The lowest BCUT2D eigenvalue weighted by Gasteiger charge is -2.20. The third-order valence-electron chi connectivity index (χ3n) is 4.74. The van der Waals surface area contributed by atoms with E-state index in [1.807, 2.05) is 32.0 Å². The number of aryl methyl sites for hydroxylation is 2. The van der Waals surface area contributed by atoms with Gasteiger partial charge in [-0.25, -0.2) is 4.90 Å². The molecule has 0 aliphatic carbocycles. The van der Waals surface area contributed by atoms with E-state index in [0.29, 0.717) is 16.4 Å². The van der Waals surface area contributed by atoms with E-state index in [4.69, 9.17) is 11.6 Å². The van der Waals surface area contributed by atoms with Gasteiger partial charge in [0.05, 0.1) is 5.69 Å². The molecule has 148 valence electrons. The number of amides is 3. The van der Waals surface area contributed by atoms with Crippen molar-refractivity contribution in [3.8, 4) is 0 Å². The Balaban J connectivity index is 1.49. The fourth-order valence-corrected chi connectivity index (χ4v) is 3.80. The largest absolute Gasteiger partial charge is 0.324 e. The highest BCUT2D eigenvalue weighted by molar-refractivity contribution is 6.31. The van der Waals surface area contributed by atoms with E-state index in [1.54, 1.807) is 18.2 Å². The topological polar surface area (TPSA) is 94.4 Å². The van der Waals surface area contributed by atoms with Crippen LogP contribution in [0, 0.1) is 13.8 Å². The molecule has 1 saturated heterocycles. The number of nitrogens with zero attached hydrogens (tertiary/aromatic N) is 4. The Morgan fingerprint density at radius 1 is 1.10 bits per heavy atom. The lowest BCUT2D eigenvalue weighted by molar-refractivity contribution is -0.123. The van der Waals surface area contributed by atoms with Crippen molar-refractivity contribution in [2.75, 3.05) is 16.8 Å². The molecule has 9 heteroatoms. The molecule has 0 unspecified atom stereocenters. The molecule has 2 aliphatic rings. The predicted octanol–water partition coefficient (Wildman–Crippen LogP) is 2.89. The Morgan fingerprint density at radius 3 is 2.52 bits per heavy atom. The van der Waals surface area contributed by atoms with E-state index >= 15 is 0 Å². The molecule has 0 spiro atoms. The number of carbonyl (C=O) groups is 3. The Bertz CT molecular complexity index is 1030. The molecule has 29 heavy (non-hydrogen) atoms. The number of rotatable bonds is 4. The first-order valence-corrected chi connectivity index (χ1v) is 9.40. The Morgan fingerprint density at radius 2 is 1.83 bits per heavy atom. The molecule has 2 aliphatic heterocycles. The van der Waals surface area contributed by atoms with Crippen molar-refractivity contribution in [3.05, 3.63) is 58.6 Å². The first-order chi connectivity index (χ1) is 13.8. The molecule has 2 heterocycles. The highest BCUT2D eigenvalue weighted by Crippen LogP contribution is 2.32. The SMILES string of the molecule is Cc1cc(C)cc(NC(=O)CN2N=N[C@H]3C(=O)N(c4cccc(Cl)c4)C(=O)[C@H]32)c1. The number of anilines is 2. The van der Waals surface area contributed by atoms with Gasteiger partial charge in [-0.15, -0.1) is 0 Å². The number of nitrogens with one attached hydrogen (secondary N) is 1. The highest BCUT2D eigenvalue weighted by atomic mass is 35.5. The zero-order valence-electron chi connectivity index (χ0n) is 15.8. The van der Waals surface area contributed by atoms with Crippen molar-refractivity contribution in [3.63, 3.8) is 0 Å². The van der Waals surface area contributed by atoms with Crippen molar-refractivity contribution in [1.82, 2.24) is 5.01 Å². The summed E-state index contributed by atoms with van der Waals surface area (Å²) in [4.78, 5) is 39.1. The highest BCUT2D eigenvalue weighted by Gasteiger charge is 2.55. The van der Waals surface area contributed by atoms with Gasteiger partial charge in [-0.3, -0.25) is 19.4 Å². The molecule has 0 bridgehead atoms. The minimum Gasteiger partial charge on any atom is -0.324 e. The zero-order chi connectivity index (χ0) is 20.7. The van der Waals surface area contributed by atoms with Crippen LogP contribution < -0.4 is 10.2 Å². The van der Waals surface area contributed by atoms with E-state index in [1.165, 1.54) is 11.1 Å². The third-order valence-corrected chi connectivity index (χ3v) is 4.97. The van der Waals surface area contributed by atoms with Crippen molar-refractivity contribution >= 4 is 40.7 Å². The summed E-state index contributed by atoms with van der Waals surface area (Å²) in [6, 6.07) is 10.3. The molecule has 8 nitrogen and oxygen atoms in total. The van der Waals surface area contributed by atoms with Crippen molar-refractivity contribution in [1.29, 1.82) is 0 Å². The number of carbonyl (C=O) groups excluding carboxylic acids is 3. The monoisotopic (exact) mass is 411 g/mol. The Labute approximate surface area is 172 Å². The molecular weight excluding hydrogens is 394 g/mol. The normalized spacial score (nSPS) is 20.4. The maximum Gasteiger partial charge on any atom is 0.263 e. The number of imide groups is 1. The van der Waals surface area contributed by atoms with Crippen LogP contribution >= 0.6 is 11.6 Å². The van der Waals surface area contributed by atoms with Gasteiger partial charge in [0.25, 0.3) is 11.8 Å². The van der Waals surface area contributed by atoms with Gasteiger partial charge in [0, 0.05) is 10.7 Å². The average molecular weight is 412 g/mol. The summed E-state index contributed by atoms with van der Waals surface area (Å²) >= 11 is 5.98. The number of halogens is 1. The van der Waals surface area contributed by atoms with Crippen LogP contribution in [-0.4, -0.2) is 41.4 Å². The van der Waals surface area contributed by atoms with Gasteiger partial charge in [-0.1, -0.05) is 29.0 Å². The van der Waals surface area contributed by atoms with Gasteiger partial charge in [0.1, 0.15) is 6.54 Å². The zero-order valence-corrected chi connectivity index (χ0v) is 16.6. The van der Waals surface area contributed by atoms with E-state index in [9.17, 15) is 14.4 Å². The number of hydrogen-bond donors (Lipinski definition) is 1. The second-order valence-corrected chi connectivity index (χ2v) is 7.54. The Kier molecular flexibility index (Phi) is 4.79. The molecular formula is C20H18ClN5O3. The van der Waals surface area contributed by atoms with Crippen LogP contribution in [-0.2, 0) is 14.4 Å². The van der Waals surface area contributed by atoms with Crippen molar-refractivity contribution < 1.29 is 14.4 Å². The molecule has 4 rings (SSSR count). The predicted molar refractivity (Wildman–Crippen MR) is 108 cm³/mol. The summed E-state index contributed by atoms with van der Waals surface area (Å²) in [6.45, 7) is 3.68. The fraction of sp³-hybridized carbons (Fsp3) is 0.250. The third kappa shape index (κ3) is 3.58. The minimum absolute atomic E-state index is 0.194. The maximum atomic E-state index is 12.9. The van der Waals surface area contributed by atoms with E-state index in [2.05, 4.69) is 15.7 Å². The summed E-state index contributed by atoms with van der Waals surface area (Å²) in [5, 5.41) is 12.3. The van der Waals surface area contributed by atoms with Gasteiger partial charge in [-0.2, -0.15) is 5.11 Å². The van der Waals surface area contributed by atoms with E-state index in [0.717, 1.165) is 16.0 Å². The van der Waals surface area contributed by atoms with Crippen LogP contribution in [0.15, 0.2) is 52.8 Å². The van der Waals surface area contributed by atoms with Crippen LogP contribution in [0.2, 0.25) is 5.02 Å². The van der Waals surface area contributed by atoms with Crippen LogP contribution in [0.1, 0.15) is 11.1 Å². The molecule has 0 saturated carbocycles. The first kappa shape index (κ1) is 19.1. The second kappa shape index (κ2) is 7.29. The molecule has 2 aromatic rings. The van der Waals surface area contributed by atoms with Crippen LogP contribution in [0.3, 0.4) is 0 Å². The van der Waals surface area contributed by atoms with Crippen LogP contribution in [0.25, 0.3) is 0 Å². The minimum atomic E-state index is -0.963. The number of hydrogen-bond acceptors (Lipinski definition) is 6. The van der Waals surface area contributed by atoms with Gasteiger partial charge >= 0.3 is 0 Å². The van der Waals surface area contributed by atoms with Crippen LogP contribution in [0.4, 0.5) is 11.4 Å². The van der Waals surface area contributed by atoms with Gasteiger partial charge in [0.15, 0.2) is 12.1 Å². The molecule has 1 N–H and O–H groups in total. The van der Waals surface area contributed by atoms with Crippen molar-refractivity contribution in [2.45, 2.75) is 25.9 Å². The standard InChI is InChI=1S/C20H18ClN5O3/c1-11-6-12(2)8-14(7-11)22-16(27)10-25-18-17(23-24-25)19(28)26(20(18)29)15-5-3-4-13(21)9-15/h3-9,17-18H,10H2,1-2H3,(H,22,27)/t17-,18+/m1/s1. The lowest BCUT2D eigenvalue weighted by atomic mass is 10.1. The quantitative estimate of drug-likeness (QED) is 0.782. The summed E-state index contributed by atoms with van der Waals surface area (Å²) in [5.74, 6) is -1.31. The summed E-state index contributed by atoms with van der Waals surface area (Å²) in [5.41, 5.74) is 3.08. The lowest BCUT2D eigenvalue weighted by Crippen LogP contribution is -2.43. The summed E-state index contributed by atoms with van der Waals surface area (Å²) < 4.78 is 0. The van der Waals surface area contributed by atoms with Gasteiger partial charge in [-0.05, 0) is 55.3 Å². The molecule has 2 aromatic carbocycles.